The number of piperazine rings is 1. The number of carbonyl (C=O) groups is 1. The van der Waals surface area contributed by atoms with E-state index in [9.17, 15) is 4.79 Å². The van der Waals surface area contributed by atoms with Gasteiger partial charge in [0.25, 0.3) is 0 Å². The van der Waals surface area contributed by atoms with E-state index in [1.165, 1.54) is 5.69 Å². The first-order valence-electron chi connectivity index (χ1n) is 9.50. The van der Waals surface area contributed by atoms with Crippen molar-refractivity contribution in [3.8, 4) is 0 Å². The summed E-state index contributed by atoms with van der Waals surface area (Å²) in [6, 6.07) is 2.18. The first-order valence-corrected chi connectivity index (χ1v) is 9.50. The van der Waals surface area contributed by atoms with Crippen LogP contribution in [-0.4, -0.2) is 76.8 Å². The predicted octanol–water partition coefficient (Wildman–Crippen LogP) is 1.20. The van der Waals surface area contributed by atoms with Crippen LogP contribution in [-0.2, 0) is 19.6 Å². The van der Waals surface area contributed by atoms with Crippen molar-refractivity contribution >= 4 is 6.03 Å². The summed E-state index contributed by atoms with van der Waals surface area (Å²) >= 11 is 0. The second-order valence-electron chi connectivity index (χ2n) is 7.78. The number of carbonyl (C=O) groups excluding carboxylic acids is 1. The van der Waals surface area contributed by atoms with Gasteiger partial charge in [-0.25, -0.2) is 4.79 Å². The minimum absolute atomic E-state index is 0.0257. The Morgan fingerprint density at radius 2 is 1.96 bits per heavy atom. The number of hydrogen-bond donors (Lipinski definition) is 1. The highest BCUT2D eigenvalue weighted by Gasteiger charge is 2.20. The number of likely N-dealkylation sites (N-methyl/N-ethyl adjacent to an activating group) is 1. The Morgan fingerprint density at radius 1 is 1.20 bits per heavy atom. The third-order valence-electron chi connectivity index (χ3n) is 4.98. The van der Waals surface area contributed by atoms with E-state index >= 15 is 0 Å². The highest BCUT2D eigenvalue weighted by molar-refractivity contribution is 5.74. The molecule has 140 valence electrons. The number of nitrogens with zero attached hydrogens (tertiary/aromatic N) is 5. The quantitative estimate of drug-likeness (QED) is 0.888. The van der Waals surface area contributed by atoms with Crippen LogP contribution in [0.1, 0.15) is 31.7 Å². The molecule has 1 aromatic heterocycles. The monoisotopic (exact) mass is 348 g/mol. The Hall–Kier alpha value is -1.60. The molecule has 2 aliphatic heterocycles. The molecule has 2 amide bonds. The Morgan fingerprint density at radius 3 is 2.68 bits per heavy atom. The smallest absolute Gasteiger partial charge is 0.317 e. The zero-order chi connectivity index (χ0) is 17.8. The van der Waals surface area contributed by atoms with Crippen molar-refractivity contribution in [1.29, 1.82) is 0 Å². The molecule has 1 fully saturated rings. The van der Waals surface area contributed by atoms with E-state index in [1.807, 2.05) is 4.90 Å². The average Bonchev–Trinajstić information content (AvgIpc) is 2.85. The fourth-order valence-electron chi connectivity index (χ4n) is 3.63. The van der Waals surface area contributed by atoms with Gasteiger partial charge in [-0.2, -0.15) is 5.10 Å². The van der Waals surface area contributed by atoms with Gasteiger partial charge in [-0.3, -0.25) is 9.58 Å². The normalized spacial score (nSPS) is 19.8. The molecule has 3 rings (SSSR count). The molecular formula is C18H32N6O. The van der Waals surface area contributed by atoms with Crippen molar-refractivity contribution < 1.29 is 4.79 Å². The number of hydrogen-bond acceptors (Lipinski definition) is 4. The lowest BCUT2D eigenvalue weighted by Crippen LogP contribution is -2.50. The lowest BCUT2D eigenvalue weighted by Gasteiger charge is -2.32. The number of aromatic nitrogens is 2. The van der Waals surface area contributed by atoms with Crippen molar-refractivity contribution in [3.05, 3.63) is 17.5 Å². The number of nitrogens with one attached hydrogen (secondary N) is 1. The number of rotatable bonds is 4. The largest absolute Gasteiger partial charge is 0.332 e. The van der Waals surface area contributed by atoms with Gasteiger partial charge in [-0.05, 0) is 25.5 Å². The van der Waals surface area contributed by atoms with E-state index in [2.05, 4.69) is 46.8 Å². The third-order valence-corrected chi connectivity index (χ3v) is 4.98. The summed E-state index contributed by atoms with van der Waals surface area (Å²) in [7, 11) is 2.09. The zero-order valence-corrected chi connectivity index (χ0v) is 15.9. The summed E-state index contributed by atoms with van der Waals surface area (Å²) in [6.45, 7) is 12.7. The first-order chi connectivity index (χ1) is 12.0. The highest BCUT2D eigenvalue weighted by Crippen LogP contribution is 2.15. The molecule has 3 heterocycles. The molecule has 0 aliphatic carbocycles. The van der Waals surface area contributed by atoms with Crippen LogP contribution in [0.25, 0.3) is 0 Å². The molecule has 7 nitrogen and oxygen atoms in total. The lowest BCUT2D eigenvalue weighted by atomic mass is 10.2. The molecule has 25 heavy (non-hydrogen) atoms. The van der Waals surface area contributed by atoms with Crippen LogP contribution in [0.4, 0.5) is 4.79 Å². The standard InChI is InChI=1S/C18H32N6O/c1-15(2)13-22-5-4-6-24-17(14-22)11-16(20-24)12-19-18(25)23-9-7-21(3)8-10-23/h11,15H,4-10,12-14H2,1-3H3,(H,19,25). The van der Waals surface area contributed by atoms with Crippen molar-refractivity contribution in [1.82, 2.24) is 29.8 Å². The first kappa shape index (κ1) is 18.2. The molecule has 2 aliphatic rings. The fraction of sp³-hybridized carbons (Fsp3) is 0.778. The van der Waals surface area contributed by atoms with E-state index in [4.69, 9.17) is 5.10 Å². The van der Waals surface area contributed by atoms with Crippen LogP contribution in [0.3, 0.4) is 0 Å². The molecule has 0 aromatic carbocycles. The van der Waals surface area contributed by atoms with Crippen LogP contribution in [0.2, 0.25) is 0 Å². The molecule has 1 saturated heterocycles. The number of aryl methyl sites for hydroxylation is 1. The molecule has 0 atom stereocenters. The topological polar surface area (TPSA) is 56.6 Å². The molecule has 0 bridgehead atoms. The lowest BCUT2D eigenvalue weighted by molar-refractivity contribution is 0.154. The van der Waals surface area contributed by atoms with E-state index in [0.29, 0.717) is 12.5 Å². The fourth-order valence-corrected chi connectivity index (χ4v) is 3.63. The van der Waals surface area contributed by atoms with Crippen molar-refractivity contribution in [2.75, 3.05) is 46.3 Å². The second kappa shape index (κ2) is 8.19. The third kappa shape index (κ3) is 4.95. The average molecular weight is 348 g/mol. The minimum Gasteiger partial charge on any atom is -0.332 e. The summed E-state index contributed by atoms with van der Waals surface area (Å²) in [4.78, 5) is 19.0. The van der Waals surface area contributed by atoms with Crippen LogP contribution in [0.15, 0.2) is 6.07 Å². The maximum atomic E-state index is 12.3. The molecule has 0 unspecified atom stereocenters. The number of urea groups is 1. The molecule has 1 aromatic rings. The Labute approximate surface area is 150 Å². The van der Waals surface area contributed by atoms with Gasteiger partial charge in [-0.15, -0.1) is 0 Å². The van der Waals surface area contributed by atoms with Crippen molar-refractivity contribution in [3.63, 3.8) is 0 Å². The van der Waals surface area contributed by atoms with Crippen LogP contribution in [0.5, 0.6) is 0 Å². The molecule has 0 spiro atoms. The van der Waals surface area contributed by atoms with E-state index < -0.39 is 0 Å². The summed E-state index contributed by atoms with van der Waals surface area (Å²) in [5.74, 6) is 0.678. The van der Waals surface area contributed by atoms with Gasteiger partial charge in [0.05, 0.1) is 17.9 Å². The van der Waals surface area contributed by atoms with Crippen LogP contribution in [0, 0.1) is 5.92 Å². The van der Waals surface area contributed by atoms with Crippen LogP contribution >= 0.6 is 0 Å². The SMILES string of the molecule is CC(C)CN1CCCn2nc(CNC(=O)N3CCN(C)CC3)cc2C1. The highest BCUT2D eigenvalue weighted by atomic mass is 16.2. The van der Waals surface area contributed by atoms with Gasteiger partial charge in [0.2, 0.25) is 0 Å². The van der Waals surface area contributed by atoms with Gasteiger partial charge in [-0.1, -0.05) is 13.8 Å². The maximum Gasteiger partial charge on any atom is 0.317 e. The number of amides is 2. The Balaban J connectivity index is 1.53. The van der Waals surface area contributed by atoms with Gasteiger partial charge in [0.15, 0.2) is 0 Å². The molecule has 7 heteroatoms. The summed E-state index contributed by atoms with van der Waals surface area (Å²) in [5.41, 5.74) is 2.23. The Bertz CT molecular complexity index is 576. The minimum atomic E-state index is 0.0257. The zero-order valence-electron chi connectivity index (χ0n) is 15.9. The summed E-state index contributed by atoms with van der Waals surface area (Å²) in [6.07, 6.45) is 1.13. The van der Waals surface area contributed by atoms with Gasteiger partial charge >= 0.3 is 6.03 Å². The maximum absolute atomic E-state index is 12.3. The van der Waals surface area contributed by atoms with Gasteiger partial charge in [0.1, 0.15) is 0 Å². The molecule has 1 N–H and O–H groups in total. The second-order valence-corrected chi connectivity index (χ2v) is 7.78. The van der Waals surface area contributed by atoms with Gasteiger partial charge in [0, 0.05) is 52.4 Å². The molecular weight excluding hydrogens is 316 g/mol. The van der Waals surface area contributed by atoms with Gasteiger partial charge < -0.3 is 15.1 Å². The van der Waals surface area contributed by atoms with Crippen molar-refractivity contribution in [2.24, 2.45) is 5.92 Å². The molecule has 0 radical (unpaired) electrons. The predicted molar refractivity (Wildman–Crippen MR) is 98.3 cm³/mol. The van der Waals surface area contributed by atoms with Crippen LogP contribution < -0.4 is 5.32 Å². The Kier molecular flexibility index (Phi) is 5.96. The van der Waals surface area contributed by atoms with E-state index in [-0.39, 0.29) is 6.03 Å². The molecule has 0 saturated carbocycles. The summed E-state index contributed by atoms with van der Waals surface area (Å²) < 4.78 is 2.12. The van der Waals surface area contributed by atoms with E-state index in [0.717, 1.165) is 64.5 Å². The summed E-state index contributed by atoms with van der Waals surface area (Å²) in [5, 5.41) is 7.73. The van der Waals surface area contributed by atoms with Crippen molar-refractivity contribution in [2.45, 2.75) is 39.9 Å². The van der Waals surface area contributed by atoms with E-state index in [1.54, 1.807) is 0 Å². The number of fused-ring (bicyclic) bond motifs is 1.